The highest BCUT2D eigenvalue weighted by molar-refractivity contribution is 6.30. The molecule has 1 atom stereocenters. The van der Waals surface area contributed by atoms with Crippen LogP contribution in [-0.4, -0.2) is 21.7 Å². The molecule has 0 amide bonds. The lowest BCUT2D eigenvalue weighted by Gasteiger charge is -2.23. The average Bonchev–Trinajstić information content (AvgIpc) is 3.02. The Bertz CT molecular complexity index is 612. The van der Waals surface area contributed by atoms with Gasteiger partial charge < -0.3 is 9.63 Å². The van der Waals surface area contributed by atoms with Crippen molar-refractivity contribution < 1.29 is 9.63 Å². The molecular weight excluding hydrogens is 276 g/mol. The molecule has 1 aliphatic heterocycles. The van der Waals surface area contributed by atoms with E-state index in [1.54, 1.807) is 12.1 Å². The first-order valence-electron chi connectivity index (χ1n) is 6.78. The normalized spacial score (nSPS) is 19.6. The number of likely N-dealkylation sites (tertiary alicyclic amines) is 1. The molecule has 2 heterocycles. The summed E-state index contributed by atoms with van der Waals surface area (Å²) in [6.45, 7) is 3.56. The lowest BCUT2D eigenvalue weighted by molar-refractivity contribution is 0.234. The van der Waals surface area contributed by atoms with Crippen LogP contribution < -0.4 is 0 Å². The Hall–Kier alpha value is -1.52. The number of hydrogen-bond acceptors (Lipinski definition) is 4. The molecule has 3 rings (SSSR count). The van der Waals surface area contributed by atoms with Gasteiger partial charge in [0.25, 0.3) is 0 Å². The van der Waals surface area contributed by atoms with Gasteiger partial charge in [0, 0.05) is 23.2 Å². The number of aromatic nitrogens is 1. The van der Waals surface area contributed by atoms with Gasteiger partial charge in [-0.3, -0.25) is 4.90 Å². The summed E-state index contributed by atoms with van der Waals surface area (Å²) in [4.78, 5) is 2.31. The summed E-state index contributed by atoms with van der Waals surface area (Å²) < 4.78 is 5.17. The van der Waals surface area contributed by atoms with Crippen LogP contribution in [0.3, 0.4) is 0 Å². The fourth-order valence-corrected chi connectivity index (χ4v) is 2.99. The molecule has 1 aliphatic rings. The van der Waals surface area contributed by atoms with E-state index in [1.165, 1.54) is 0 Å². The molecule has 2 aromatic rings. The molecule has 0 radical (unpaired) electrons. The van der Waals surface area contributed by atoms with Gasteiger partial charge in [-0.05, 0) is 44.5 Å². The molecule has 1 saturated heterocycles. The minimum absolute atomic E-state index is 0.255. The second kappa shape index (κ2) is 5.46. The SMILES string of the molecule is Cc1cc([C@@H]2CCCN2Cc2cc(Cl)ccc2O)no1. The zero-order valence-corrected chi connectivity index (χ0v) is 12.1. The molecule has 106 valence electrons. The number of aromatic hydroxyl groups is 1. The van der Waals surface area contributed by atoms with Gasteiger partial charge in [0.2, 0.25) is 0 Å². The standard InChI is InChI=1S/C15H17ClN2O2/c1-10-7-13(17-20-10)14-3-2-6-18(14)9-11-8-12(16)4-5-15(11)19/h4-5,7-8,14,19H,2-3,6,9H2,1H3/t14-/m0/s1. The van der Waals surface area contributed by atoms with Crippen molar-refractivity contribution in [3.63, 3.8) is 0 Å². The zero-order chi connectivity index (χ0) is 14.1. The largest absolute Gasteiger partial charge is 0.508 e. The second-order valence-corrected chi connectivity index (χ2v) is 5.70. The fraction of sp³-hybridized carbons (Fsp3) is 0.400. The number of benzene rings is 1. The zero-order valence-electron chi connectivity index (χ0n) is 11.3. The van der Waals surface area contributed by atoms with E-state index in [0.717, 1.165) is 36.4 Å². The van der Waals surface area contributed by atoms with Crippen molar-refractivity contribution >= 4 is 11.6 Å². The molecule has 0 saturated carbocycles. The lowest BCUT2D eigenvalue weighted by Crippen LogP contribution is -2.23. The summed E-state index contributed by atoms with van der Waals surface area (Å²) in [6.07, 6.45) is 2.19. The van der Waals surface area contributed by atoms with Crippen LogP contribution in [0.2, 0.25) is 5.02 Å². The van der Waals surface area contributed by atoms with Crippen LogP contribution in [-0.2, 0) is 6.54 Å². The van der Waals surface area contributed by atoms with Crippen LogP contribution in [0.4, 0.5) is 0 Å². The molecule has 0 unspecified atom stereocenters. The first-order valence-corrected chi connectivity index (χ1v) is 7.16. The van der Waals surface area contributed by atoms with Crippen molar-refractivity contribution in [3.05, 3.63) is 46.3 Å². The molecule has 0 aliphatic carbocycles. The van der Waals surface area contributed by atoms with Gasteiger partial charge >= 0.3 is 0 Å². The number of hydrogen-bond donors (Lipinski definition) is 1. The van der Waals surface area contributed by atoms with Crippen LogP contribution in [0.5, 0.6) is 5.75 Å². The minimum Gasteiger partial charge on any atom is -0.508 e. The number of phenolic OH excluding ortho intramolecular Hbond substituents is 1. The minimum atomic E-state index is 0.255. The number of rotatable bonds is 3. The Kier molecular flexibility index (Phi) is 3.68. The topological polar surface area (TPSA) is 49.5 Å². The number of phenols is 1. The quantitative estimate of drug-likeness (QED) is 0.937. The molecular formula is C15H17ClN2O2. The van der Waals surface area contributed by atoms with Crippen LogP contribution >= 0.6 is 11.6 Å². The Labute approximate surface area is 122 Å². The molecule has 4 nitrogen and oxygen atoms in total. The van der Waals surface area contributed by atoms with Crippen LogP contribution in [0.15, 0.2) is 28.8 Å². The third kappa shape index (κ3) is 2.67. The van der Waals surface area contributed by atoms with Crippen molar-refractivity contribution in [1.82, 2.24) is 10.1 Å². The van der Waals surface area contributed by atoms with E-state index in [9.17, 15) is 5.11 Å². The highest BCUT2D eigenvalue weighted by Gasteiger charge is 2.28. The third-order valence-electron chi connectivity index (χ3n) is 3.77. The van der Waals surface area contributed by atoms with Crippen molar-refractivity contribution in [1.29, 1.82) is 0 Å². The molecule has 0 spiro atoms. The van der Waals surface area contributed by atoms with E-state index in [0.29, 0.717) is 11.6 Å². The summed E-state index contributed by atoms with van der Waals surface area (Å²) in [5.74, 6) is 1.12. The summed E-state index contributed by atoms with van der Waals surface area (Å²) in [7, 11) is 0. The van der Waals surface area contributed by atoms with Crippen LogP contribution in [0.1, 0.15) is 35.9 Å². The highest BCUT2D eigenvalue weighted by Crippen LogP contribution is 2.34. The van der Waals surface area contributed by atoms with Crippen molar-refractivity contribution in [2.75, 3.05) is 6.54 Å². The maximum absolute atomic E-state index is 9.94. The van der Waals surface area contributed by atoms with Crippen molar-refractivity contribution in [2.24, 2.45) is 0 Å². The summed E-state index contributed by atoms with van der Waals surface area (Å²) >= 11 is 6.00. The van der Waals surface area contributed by atoms with E-state index >= 15 is 0 Å². The van der Waals surface area contributed by atoms with Gasteiger partial charge in [-0.15, -0.1) is 0 Å². The van der Waals surface area contributed by atoms with Crippen LogP contribution in [0.25, 0.3) is 0 Å². The number of nitrogens with zero attached hydrogens (tertiary/aromatic N) is 2. The van der Waals surface area contributed by atoms with Gasteiger partial charge in [-0.25, -0.2) is 0 Å². The van der Waals surface area contributed by atoms with Crippen LogP contribution in [0, 0.1) is 6.92 Å². The summed E-state index contributed by atoms with van der Waals surface area (Å²) in [6, 6.07) is 7.40. The number of halogens is 1. The fourth-order valence-electron chi connectivity index (χ4n) is 2.79. The van der Waals surface area contributed by atoms with Gasteiger partial charge in [0.15, 0.2) is 0 Å². The molecule has 1 fully saturated rings. The second-order valence-electron chi connectivity index (χ2n) is 5.26. The highest BCUT2D eigenvalue weighted by atomic mass is 35.5. The van der Waals surface area contributed by atoms with Gasteiger partial charge in [0.1, 0.15) is 17.2 Å². The van der Waals surface area contributed by atoms with Crippen molar-refractivity contribution in [3.8, 4) is 5.75 Å². The lowest BCUT2D eigenvalue weighted by atomic mass is 10.1. The first kappa shape index (κ1) is 13.5. The van der Waals surface area contributed by atoms with Crippen molar-refractivity contribution in [2.45, 2.75) is 32.4 Å². The monoisotopic (exact) mass is 292 g/mol. The molecule has 20 heavy (non-hydrogen) atoms. The maximum Gasteiger partial charge on any atom is 0.133 e. The smallest absolute Gasteiger partial charge is 0.133 e. The third-order valence-corrected chi connectivity index (χ3v) is 4.00. The Morgan fingerprint density at radius 1 is 1.45 bits per heavy atom. The maximum atomic E-state index is 9.94. The predicted octanol–water partition coefficient (Wildman–Crippen LogP) is 3.68. The van der Waals surface area contributed by atoms with Gasteiger partial charge in [-0.2, -0.15) is 0 Å². The summed E-state index contributed by atoms with van der Waals surface area (Å²) in [5, 5.41) is 14.7. The van der Waals surface area contributed by atoms with Gasteiger partial charge in [-0.1, -0.05) is 16.8 Å². The first-order chi connectivity index (χ1) is 9.63. The molecule has 1 aromatic heterocycles. The molecule has 5 heteroatoms. The average molecular weight is 293 g/mol. The van der Waals surface area contributed by atoms with E-state index < -0.39 is 0 Å². The van der Waals surface area contributed by atoms with Gasteiger partial charge in [0.05, 0.1) is 6.04 Å². The van der Waals surface area contributed by atoms with E-state index in [1.807, 2.05) is 19.1 Å². The molecule has 1 N–H and O–H groups in total. The number of aryl methyl sites for hydroxylation is 1. The van der Waals surface area contributed by atoms with E-state index in [2.05, 4.69) is 10.1 Å². The van der Waals surface area contributed by atoms with E-state index in [-0.39, 0.29) is 11.8 Å². The molecule has 1 aromatic carbocycles. The Balaban J connectivity index is 1.81. The predicted molar refractivity (Wildman–Crippen MR) is 76.7 cm³/mol. The Morgan fingerprint density at radius 2 is 2.30 bits per heavy atom. The molecule has 0 bridgehead atoms. The summed E-state index contributed by atoms with van der Waals surface area (Å²) in [5.41, 5.74) is 1.83. The Morgan fingerprint density at radius 3 is 3.05 bits per heavy atom. The van der Waals surface area contributed by atoms with E-state index in [4.69, 9.17) is 16.1 Å².